The Hall–Kier alpha value is -1.43. The number of nitrogens with zero attached hydrogens (tertiary/aromatic N) is 2. The minimum absolute atomic E-state index is 0.0381. The van der Waals surface area contributed by atoms with E-state index in [1.807, 2.05) is 6.92 Å². The highest BCUT2D eigenvalue weighted by atomic mass is 32.1. The van der Waals surface area contributed by atoms with E-state index in [9.17, 15) is 9.59 Å². The first-order valence-electron chi connectivity index (χ1n) is 6.04. The Morgan fingerprint density at radius 1 is 1.56 bits per heavy atom. The zero-order valence-corrected chi connectivity index (χ0v) is 11.1. The van der Waals surface area contributed by atoms with Gasteiger partial charge in [0.05, 0.1) is 11.6 Å². The zero-order chi connectivity index (χ0) is 13.1. The fraction of sp³-hybridized carbons (Fsp3) is 0.583. The Kier molecular flexibility index (Phi) is 3.96. The second kappa shape index (κ2) is 5.48. The highest BCUT2D eigenvalue weighted by Crippen LogP contribution is 2.31. The molecule has 1 amide bonds. The summed E-state index contributed by atoms with van der Waals surface area (Å²) in [5, 5.41) is 9.87. The van der Waals surface area contributed by atoms with E-state index in [0.717, 1.165) is 29.1 Å². The number of carbonyl (C=O) groups is 2. The monoisotopic (exact) mass is 268 g/mol. The van der Waals surface area contributed by atoms with Crippen LogP contribution in [-0.2, 0) is 22.6 Å². The molecule has 1 saturated carbocycles. The number of rotatable bonds is 6. The molecule has 0 radical (unpaired) electrons. The van der Waals surface area contributed by atoms with E-state index in [1.54, 1.807) is 6.20 Å². The van der Waals surface area contributed by atoms with E-state index >= 15 is 0 Å². The lowest BCUT2D eigenvalue weighted by Crippen LogP contribution is -2.35. The van der Waals surface area contributed by atoms with Crippen molar-refractivity contribution in [1.29, 1.82) is 0 Å². The van der Waals surface area contributed by atoms with E-state index < -0.39 is 5.97 Å². The first-order valence-corrected chi connectivity index (χ1v) is 6.86. The van der Waals surface area contributed by atoms with Gasteiger partial charge in [-0.05, 0) is 19.3 Å². The summed E-state index contributed by atoms with van der Waals surface area (Å²) in [6.45, 7) is 2.15. The number of thiazole rings is 1. The molecule has 0 aromatic carbocycles. The van der Waals surface area contributed by atoms with Crippen molar-refractivity contribution in [3.63, 3.8) is 0 Å². The molecule has 1 aromatic rings. The standard InChI is InChI=1S/C12H16N2O3S/c1-2-10-13-5-9(18-10)6-14(7-11(15)16)12(17)8-3-4-8/h5,8H,2-4,6-7H2,1H3,(H,15,16). The Morgan fingerprint density at radius 3 is 2.78 bits per heavy atom. The second-order valence-corrected chi connectivity index (χ2v) is 5.64. The van der Waals surface area contributed by atoms with Gasteiger partial charge in [0.25, 0.3) is 0 Å². The van der Waals surface area contributed by atoms with E-state index in [2.05, 4.69) is 4.98 Å². The Labute approximate surface area is 109 Å². The number of amides is 1. The van der Waals surface area contributed by atoms with Crippen molar-refractivity contribution >= 4 is 23.2 Å². The Morgan fingerprint density at radius 2 is 2.28 bits per heavy atom. The number of carboxylic acids is 1. The molecule has 1 aromatic heterocycles. The van der Waals surface area contributed by atoms with Crippen LogP contribution in [0.15, 0.2) is 6.20 Å². The van der Waals surface area contributed by atoms with Gasteiger partial charge in [0, 0.05) is 17.0 Å². The van der Waals surface area contributed by atoms with Gasteiger partial charge >= 0.3 is 5.97 Å². The molecular weight excluding hydrogens is 252 g/mol. The molecule has 1 fully saturated rings. The van der Waals surface area contributed by atoms with Gasteiger partial charge < -0.3 is 10.0 Å². The lowest BCUT2D eigenvalue weighted by Gasteiger charge is -2.19. The predicted molar refractivity (Wildman–Crippen MR) is 67.3 cm³/mol. The maximum absolute atomic E-state index is 12.0. The van der Waals surface area contributed by atoms with Crippen molar-refractivity contribution in [2.75, 3.05) is 6.54 Å². The van der Waals surface area contributed by atoms with Crippen LogP contribution in [0.3, 0.4) is 0 Å². The Bertz CT molecular complexity index is 454. The number of hydrogen-bond acceptors (Lipinski definition) is 4. The third-order valence-electron chi connectivity index (χ3n) is 2.81. The normalized spacial score (nSPS) is 14.5. The summed E-state index contributed by atoms with van der Waals surface area (Å²) >= 11 is 1.54. The summed E-state index contributed by atoms with van der Waals surface area (Å²) in [7, 11) is 0. The molecule has 6 heteroatoms. The molecule has 0 atom stereocenters. The molecule has 1 heterocycles. The van der Waals surface area contributed by atoms with Crippen molar-refractivity contribution in [3.8, 4) is 0 Å². The lowest BCUT2D eigenvalue weighted by molar-refractivity contribution is -0.145. The summed E-state index contributed by atoms with van der Waals surface area (Å²) < 4.78 is 0. The summed E-state index contributed by atoms with van der Waals surface area (Å²) in [4.78, 5) is 29.4. The van der Waals surface area contributed by atoms with Crippen LogP contribution in [0, 0.1) is 5.92 Å². The minimum Gasteiger partial charge on any atom is -0.480 e. The van der Waals surface area contributed by atoms with Crippen LogP contribution in [0.1, 0.15) is 29.7 Å². The molecule has 98 valence electrons. The molecule has 0 bridgehead atoms. The van der Waals surface area contributed by atoms with Gasteiger partial charge in [-0.3, -0.25) is 9.59 Å². The molecule has 0 unspecified atom stereocenters. The largest absolute Gasteiger partial charge is 0.480 e. The van der Waals surface area contributed by atoms with Crippen molar-refractivity contribution in [2.45, 2.75) is 32.7 Å². The fourth-order valence-corrected chi connectivity index (χ4v) is 2.61. The van der Waals surface area contributed by atoms with Gasteiger partial charge in [0.15, 0.2) is 0 Å². The SMILES string of the molecule is CCc1ncc(CN(CC(=O)O)C(=O)C2CC2)s1. The summed E-state index contributed by atoms with van der Waals surface area (Å²) in [6, 6.07) is 0. The number of aromatic nitrogens is 1. The van der Waals surface area contributed by atoms with Gasteiger partial charge in [-0.2, -0.15) is 0 Å². The molecule has 2 rings (SSSR count). The minimum atomic E-state index is -0.968. The van der Waals surface area contributed by atoms with Gasteiger partial charge in [-0.25, -0.2) is 4.98 Å². The van der Waals surface area contributed by atoms with Crippen molar-refractivity contribution in [2.24, 2.45) is 5.92 Å². The zero-order valence-electron chi connectivity index (χ0n) is 10.3. The predicted octanol–water partition coefficient (Wildman–Crippen LogP) is 1.53. The molecule has 1 N–H and O–H groups in total. The van der Waals surface area contributed by atoms with Gasteiger partial charge in [-0.15, -0.1) is 11.3 Å². The molecule has 0 saturated heterocycles. The molecule has 18 heavy (non-hydrogen) atoms. The number of carbonyl (C=O) groups excluding carboxylic acids is 1. The van der Waals surface area contributed by atoms with E-state index in [-0.39, 0.29) is 18.4 Å². The van der Waals surface area contributed by atoms with Crippen LogP contribution < -0.4 is 0 Å². The van der Waals surface area contributed by atoms with Crippen molar-refractivity contribution in [3.05, 3.63) is 16.1 Å². The quantitative estimate of drug-likeness (QED) is 0.849. The van der Waals surface area contributed by atoms with E-state index in [0.29, 0.717) is 6.54 Å². The third kappa shape index (κ3) is 3.29. The molecule has 1 aliphatic carbocycles. The van der Waals surface area contributed by atoms with Gasteiger partial charge in [0.2, 0.25) is 5.91 Å². The highest BCUT2D eigenvalue weighted by molar-refractivity contribution is 7.11. The molecule has 0 aliphatic heterocycles. The summed E-state index contributed by atoms with van der Waals surface area (Å²) in [6.07, 6.45) is 4.37. The number of hydrogen-bond donors (Lipinski definition) is 1. The third-order valence-corrected chi connectivity index (χ3v) is 3.94. The maximum Gasteiger partial charge on any atom is 0.323 e. The van der Waals surface area contributed by atoms with E-state index in [1.165, 1.54) is 16.2 Å². The van der Waals surface area contributed by atoms with Crippen LogP contribution in [0.4, 0.5) is 0 Å². The average Bonchev–Trinajstić information content (AvgIpc) is 3.08. The van der Waals surface area contributed by atoms with Crippen LogP contribution >= 0.6 is 11.3 Å². The lowest BCUT2D eigenvalue weighted by atomic mass is 10.3. The first kappa shape index (κ1) is 13.0. The summed E-state index contributed by atoms with van der Waals surface area (Å²) in [5.41, 5.74) is 0. The van der Waals surface area contributed by atoms with Crippen LogP contribution in [0.2, 0.25) is 0 Å². The highest BCUT2D eigenvalue weighted by Gasteiger charge is 2.34. The van der Waals surface area contributed by atoms with Crippen LogP contribution in [0.25, 0.3) is 0 Å². The number of aryl methyl sites for hydroxylation is 1. The van der Waals surface area contributed by atoms with E-state index in [4.69, 9.17) is 5.11 Å². The smallest absolute Gasteiger partial charge is 0.323 e. The second-order valence-electron chi connectivity index (χ2n) is 4.44. The molecule has 0 spiro atoms. The molecule has 5 nitrogen and oxygen atoms in total. The molecular formula is C12H16N2O3S. The summed E-state index contributed by atoms with van der Waals surface area (Å²) in [5.74, 6) is -0.962. The maximum atomic E-state index is 12.0. The van der Waals surface area contributed by atoms with Crippen molar-refractivity contribution < 1.29 is 14.7 Å². The average molecular weight is 268 g/mol. The first-order chi connectivity index (χ1) is 8.60. The fourth-order valence-electron chi connectivity index (χ4n) is 1.74. The topological polar surface area (TPSA) is 70.5 Å². The van der Waals surface area contributed by atoms with Gasteiger partial charge in [0.1, 0.15) is 6.54 Å². The number of carboxylic acid groups (broad SMARTS) is 1. The van der Waals surface area contributed by atoms with Crippen LogP contribution in [-0.4, -0.2) is 33.4 Å². The van der Waals surface area contributed by atoms with Crippen LogP contribution in [0.5, 0.6) is 0 Å². The van der Waals surface area contributed by atoms with Crippen molar-refractivity contribution in [1.82, 2.24) is 9.88 Å². The Balaban J connectivity index is 2.03. The number of aliphatic carboxylic acids is 1. The molecule has 1 aliphatic rings. The van der Waals surface area contributed by atoms with Gasteiger partial charge in [-0.1, -0.05) is 6.92 Å².